The number of alkyl halides is 1. The standard InChI is InChI=1S/C16H19Cl/c1-12(2)10-15(17)11-14-8-5-7-13-6-3-4-9-16(13)14/h3-9,12,15H,10-11H2,1-2H3. The third kappa shape index (κ3) is 3.23. The summed E-state index contributed by atoms with van der Waals surface area (Å²) in [5, 5.41) is 2.88. The molecule has 2 aromatic rings. The van der Waals surface area contributed by atoms with E-state index in [2.05, 4.69) is 56.3 Å². The zero-order valence-electron chi connectivity index (χ0n) is 10.5. The van der Waals surface area contributed by atoms with Gasteiger partial charge in [0.2, 0.25) is 0 Å². The summed E-state index contributed by atoms with van der Waals surface area (Å²) in [5.41, 5.74) is 1.36. The van der Waals surface area contributed by atoms with E-state index < -0.39 is 0 Å². The molecule has 0 fully saturated rings. The van der Waals surface area contributed by atoms with Crippen LogP contribution in [0.1, 0.15) is 25.8 Å². The molecule has 0 bridgehead atoms. The van der Waals surface area contributed by atoms with Crippen LogP contribution < -0.4 is 0 Å². The van der Waals surface area contributed by atoms with E-state index in [0.29, 0.717) is 5.92 Å². The average Bonchev–Trinajstić information content (AvgIpc) is 2.28. The first-order valence-corrected chi connectivity index (χ1v) is 6.71. The van der Waals surface area contributed by atoms with E-state index in [9.17, 15) is 0 Å². The van der Waals surface area contributed by atoms with Gasteiger partial charge in [-0.15, -0.1) is 11.6 Å². The fraction of sp³-hybridized carbons (Fsp3) is 0.375. The highest BCUT2D eigenvalue weighted by molar-refractivity contribution is 6.20. The molecule has 0 spiro atoms. The Kier molecular flexibility index (Phi) is 4.06. The van der Waals surface area contributed by atoms with E-state index in [1.807, 2.05) is 0 Å². The van der Waals surface area contributed by atoms with Crippen molar-refractivity contribution in [3.05, 3.63) is 48.0 Å². The van der Waals surface area contributed by atoms with E-state index in [-0.39, 0.29) is 5.38 Å². The topological polar surface area (TPSA) is 0 Å². The van der Waals surface area contributed by atoms with Crippen molar-refractivity contribution in [2.45, 2.75) is 32.1 Å². The van der Waals surface area contributed by atoms with Gasteiger partial charge in [-0.05, 0) is 35.1 Å². The molecule has 1 atom stereocenters. The molecule has 0 N–H and O–H groups in total. The van der Waals surface area contributed by atoms with Gasteiger partial charge in [-0.1, -0.05) is 56.3 Å². The second kappa shape index (κ2) is 5.55. The van der Waals surface area contributed by atoms with E-state index in [1.165, 1.54) is 16.3 Å². The Bertz CT molecular complexity index is 482. The van der Waals surface area contributed by atoms with Crippen molar-refractivity contribution in [1.29, 1.82) is 0 Å². The van der Waals surface area contributed by atoms with Gasteiger partial charge < -0.3 is 0 Å². The van der Waals surface area contributed by atoms with Gasteiger partial charge in [-0.3, -0.25) is 0 Å². The maximum atomic E-state index is 6.41. The minimum atomic E-state index is 0.237. The lowest BCUT2D eigenvalue weighted by Gasteiger charge is -2.13. The largest absolute Gasteiger partial charge is 0.123 e. The highest BCUT2D eigenvalue weighted by Gasteiger charge is 2.10. The summed E-state index contributed by atoms with van der Waals surface area (Å²) in [6.45, 7) is 4.44. The summed E-state index contributed by atoms with van der Waals surface area (Å²) in [6.07, 6.45) is 2.03. The van der Waals surface area contributed by atoms with E-state index >= 15 is 0 Å². The second-order valence-electron chi connectivity index (χ2n) is 5.07. The molecule has 0 saturated heterocycles. The summed E-state index contributed by atoms with van der Waals surface area (Å²) in [4.78, 5) is 0. The van der Waals surface area contributed by atoms with E-state index in [0.717, 1.165) is 12.8 Å². The Hall–Kier alpha value is -1.01. The molecule has 2 rings (SSSR count). The Labute approximate surface area is 109 Å². The molecule has 1 heteroatoms. The highest BCUT2D eigenvalue weighted by atomic mass is 35.5. The van der Waals surface area contributed by atoms with Crippen LogP contribution in [0.25, 0.3) is 10.8 Å². The van der Waals surface area contributed by atoms with Crippen LogP contribution in [0.4, 0.5) is 0 Å². The molecular formula is C16H19Cl. The number of benzene rings is 2. The Morgan fingerprint density at radius 3 is 2.47 bits per heavy atom. The lowest BCUT2D eigenvalue weighted by molar-refractivity contribution is 0.562. The van der Waals surface area contributed by atoms with Crippen LogP contribution in [0.5, 0.6) is 0 Å². The van der Waals surface area contributed by atoms with Crippen LogP contribution in [0, 0.1) is 5.92 Å². The zero-order chi connectivity index (χ0) is 12.3. The van der Waals surface area contributed by atoms with Crippen molar-refractivity contribution in [3.63, 3.8) is 0 Å². The molecule has 0 nitrogen and oxygen atoms in total. The minimum absolute atomic E-state index is 0.237. The molecule has 0 radical (unpaired) electrons. The monoisotopic (exact) mass is 246 g/mol. The predicted octanol–water partition coefficient (Wildman–Crippen LogP) is 5.04. The van der Waals surface area contributed by atoms with Gasteiger partial charge in [0.15, 0.2) is 0 Å². The quantitative estimate of drug-likeness (QED) is 0.664. The van der Waals surface area contributed by atoms with Crippen LogP contribution >= 0.6 is 11.6 Å². The Balaban J connectivity index is 2.24. The SMILES string of the molecule is CC(C)CC(Cl)Cc1cccc2ccccc12. The maximum absolute atomic E-state index is 6.41. The van der Waals surface area contributed by atoms with Gasteiger partial charge in [-0.25, -0.2) is 0 Å². The molecule has 17 heavy (non-hydrogen) atoms. The fourth-order valence-electron chi connectivity index (χ4n) is 2.30. The molecule has 2 aromatic carbocycles. The molecular weight excluding hydrogens is 228 g/mol. The zero-order valence-corrected chi connectivity index (χ0v) is 11.2. The summed E-state index contributed by atoms with van der Waals surface area (Å²) in [7, 11) is 0. The normalized spacial score (nSPS) is 13.2. The fourth-order valence-corrected chi connectivity index (χ4v) is 2.83. The molecule has 0 aliphatic heterocycles. The van der Waals surface area contributed by atoms with Crippen molar-refractivity contribution in [2.75, 3.05) is 0 Å². The lowest BCUT2D eigenvalue weighted by Crippen LogP contribution is -2.07. The highest BCUT2D eigenvalue weighted by Crippen LogP contribution is 2.23. The molecule has 0 saturated carbocycles. The number of rotatable bonds is 4. The van der Waals surface area contributed by atoms with Crippen LogP contribution in [0.15, 0.2) is 42.5 Å². The molecule has 0 aliphatic rings. The molecule has 1 unspecified atom stereocenters. The molecule has 0 amide bonds. The number of halogens is 1. The van der Waals surface area contributed by atoms with Crippen molar-refractivity contribution in [1.82, 2.24) is 0 Å². The number of hydrogen-bond acceptors (Lipinski definition) is 0. The van der Waals surface area contributed by atoms with Crippen LogP contribution in [-0.4, -0.2) is 5.38 Å². The van der Waals surface area contributed by atoms with Gasteiger partial charge in [-0.2, -0.15) is 0 Å². The van der Waals surface area contributed by atoms with Crippen LogP contribution in [0.3, 0.4) is 0 Å². The first-order chi connectivity index (χ1) is 8.16. The predicted molar refractivity (Wildman–Crippen MR) is 76.7 cm³/mol. The van der Waals surface area contributed by atoms with E-state index in [1.54, 1.807) is 0 Å². The molecule has 0 aliphatic carbocycles. The summed E-state index contributed by atoms with van der Waals surface area (Å²) in [5.74, 6) is 0.660. The van der Waals surface area contributed by atoms with Gasteiger partial charge in [0, 0.05) is 5.38 Å². The van der Waals surface area contributed by atoms with Crippen molar-refractivity contribution in [3.8, 4) is 0 Å². The summed E-state index contributed by atoms with van der Waals surface area (Å²) in [6, 6.07) is 15.0. The van der Waals surface area contributed by atoms with Gasteiger partial charge >= 0.3 is 0 Å². The van der Waals surface area contributed by atoms with Crippen molar-refractivity contribution in [2.24, 2.45) is 5.92 Å². The van der Waals surface area contributed by atoms with E-state index in [4.69, 9.17) is 11.6 Å². The van der Waals surface area contributed by atoms with Crippen molar-refractivity contribution >= 4 is 22.4 Å². The number of fused-ring (bicyclic) bond motifs is 1. The smallest absolute Gasteiger partial charge is 0.0379 e. The summed E-state index contributed by atoms with van der Waals surface area (Å²) < 4.78 is 0. The van der Waals surface area contributed by atoms with Crippen LogP contribution in [-0.2, 0) is 6.42 Å². The summed E-state index contributed by atoms with van der Waals surface area (Å²) >= 11 is 6.41. The first-order valence-electron chi connectivity index (χ1n) is 6.27. The lowest BCUT2D eigenvalue weighted by atomic mass is 9.97. The molecule has 90 valence electrons. The van der Waals surface area contributed by atoms with Crippen LogP contribution in [0.2, 0.25) is 0 Å². The minimum Gasteiger partial charge on any atom is -0.123 e. The van der Waals surface area contributed by atoms with Crippen molar-refractivity contribution < 1.29 is 0 Å². The maximum Gasteiger partial charge on any atom is 0.0379 e. The Morgan fingerprint density at radius 1 is 1.00 bits per heavy atom. The van der Waals surface area contributed by atoms with Gasteiger partial charge in [0.25, 0.3) is 0 Å². The average molecular weight is 247 g/mol. The third-order valence-corrected chi connectivity index (χ3v) is 3.38. The second-order valence-corrected chi connectivity index (χ2v) is 5.69. The van der Waals surface area contributed by atoms with Gasteiger partial charge in [0.05, 0.1) is 0 Å². The first kappa shape index (κ1) is 12.4. The number of hydrogen-bond donors (Lipinski definition) is 0. The molecule has 0 aromatic heterocycles. The van der Waals surface area contributed by atoms with Gasteiger partial charge in [0.1, 0.15) is 0 Å². The Morgan fingerprint density at radius 2 is 1.71 bits per heavy atom. The third-order valence-electron chi connectivity index (χ3n) is 3.05. The molecule has 0 heterocycles.